The minimum absolute atomic E-state index is 0.212. The number of phenolic OH excluding ortho intramolecular Hbond substituents is 1. The summed E-state index contributed by atoms with van der Waals surface area (Å²) >= 11 is 1.75. The third-order valence-electron chi connectivity index (χ3n) is 2.86. The maximum atomic E-state index is 9.45. The molecule has 0 spiro atoms. The van der Waals surface area contributed by atoms with Gasteiger partial charge in [-0.15, -0.1) is 11.3 Å². The van der Waals surface area contributed by atoms with Crippen molar-refractivity contribution in [1.82, 2.24) is 10.3 Å². The lowest BCUT2D eigenvalue weighted by Gasteiger charge is -2.13. The average molecular weight is 262 g/mol. The predicted octanol–water partition coefficient (Wildman–Crippen LogP) is 3.26. The number of hydrogen-bond donors (Lipinski definition) is 2. The monoisotopic (exact) mass is 262 g/mol. The number of aromatic nitrogens is 1. The standard InChI is InChI=1S/C14H18N2OS/c1-3-14-16-9-13(18-14)8-15-10(2)11-5-4-6-12(17)7-11/h4-7,9-10,15,17H,3,8H2,1-2H3. The van der Waals surface area contributed by atoms with E-state index in [-0.39, 0.29) is 6.04 Å². The van der Waals surface area contributed by atoms with Crippen LogP contribution in [0.25, 0.3) is 0 Å². The van der Waals surface area contributed by atoms with Gasteiger partial charge in [0, 0.05) is 23.7 Å². The Labute approximate surface area is 112 Å². The van der Waals surface area contributed by atoms with Gasteiger partial charge in [-0.25, -0.2) is 4.98 Å². The molecule has 1 aromatic carbocycles. The molecule has 2 aromatic rings. The predicted molar refractivity (Wildman–Crippen MR) is 74.9 cm³/mol. The molecule has 4 heteroatoms. The molecule has 3 nitrogen and oxygen atoms in total. The molecule has 2 N–H and O–H groups in total. The van der Waals surface area contributed by atoms with E-state index in [1.807, 2.05) is 18.3 Å². The number of nitrogens with zero attached hydrogens (tertiary/aromatic N) is 1. The molecule has 0 aliphatic carbocycles. The number of nitrogens with one attached hydrogen (secondary N) is 1. The second-order valence-electron chi connectivity index (χ2n) is 4.27. The zero-order chi connectivity index (χ0) is 13.0. The third-order valence-corrected chi connectivity index (χ3v) is 4.00. The molecular formula is C14H18N2OS. The summed E-state index contributed by atoms with van der Waals surface area (Å²) in [5.74, 6) is 0.312. The van der Waals surface area contributed by atoms with E-state index in [1.54, 1.807) is 23.5 Å². The highest BCUT2D eigenvalue weighted by Crippen LogP contribution is 2.19. The summed E-state index contributed by atoms with van der Waals surface area (Å²) in [4.78, 5) is 5.59. The van der Waals surface area contributed by atoms with E-state index in [0.29, 0.717) is 5.75 Å². The summed E-state index contributed by atoms with van der Waals surface area (Å²) in [7, 11) is 0. The number of aromatic hydroxyl groups is 1. The second kappa shape index (κ2) is 5.98. The van der Waals surface area contributed by atoms with Crippen molar-refractivity contribution in [3.05, 3.63) is 45.9 Å². The Kier molecular flexibility index (Phi) is 4.33. The van der Waals surface area contributed by atoms with Gasteiger partial charge in [-0.2, -0.15) is 0 Å². The maximum Gasteiger partial charge on any atom is 0.115 e. The lowest BCUT2D eigenvalue weighted by molar-refractivity contribution is 0.472. The number of rotatable bonds is 5. The molecule has 0 aliphatic rings. The van der Waals surface area contributed by atoms with Crippen molar-refractivity contribution in [2.24, 2.45) is 0 Å². The van der Waals surface area contributed by atoms with Crippen LogP contribution in [-0.4, -0.2) is 10.1 Å². The second-order valence-corrected chi connectivity index (χ2v) is 5.47. The van der Waals surface area contributed by atoms with E-state index >= 15 is 0 Å². The van der Waals surface area contributed by atoms with Gasteiger partial charge in [0.2, 0.25) is 0 Å². The Hall–Kier alpha value is -1.39. The molecule has 0 amide bonds. The molecule has 0 fully saturated rings. The molecule has 1 aromatic heterocycles. The quantitative estimate of drug-likeness (QED) is 0.869. The molecule has 0 aliphatic heterocycles. The Balaban J connectivity index is 1.93. The number of thiazole rings is 1. The Morgan fingerprint density at radius 3 is 2.94 bits per heavy atom. The number of phenols is 1. The minimum Gasteiger partial charge on any atom is -0.508 e. The molecule has 0 saturated heterocycles. The molecule has 1 heterocycles. The van der Waals surface area contributed by atoms with Crippen LogP contribution in [-0.2, 0) is 13.0 Å². The van der Waals surface area contributed by atoms with Crippen molar-refractivity contribution in [3.8, 4) is 5.75 Å². The highest BCUT2D eigenvalue weighted by molar-refractivity contribution is 7.11. The molecule has 18 heavy (non-hydrogen) atoms. The molecule has 1 unspecified atom stereocenters. The summed E-state index contributed by atoms with van der Waals surface area (Å²) in [6.45, 7) is 5.02. The van der Waals surface area contributed by atoms with Gasteiger partial charge in [-0.1, -0.05) is 19.1 Å². The lowest BCUT2D eigenvalue weighted by Crippen LogP contribution is -2.17. The Bertz CT molecular complexity index is 510. The molecule has 0 saturated carbocycles. The van der Waals surface area contributed by atoms with Crippen LogP contribution in [0.4, 0.5) is 0 Å². The number of hydrogen-bond acceptors (Lipinski definition) is 4. The van der Waals surface area contributed by atoms with Gasteiger partial charge in [0.15, 0.2) is 0 Å². The average Bonchev–Trinajstić information content (AvgIpc) is 2.84. The van der Waals surface area contributed by atoms with Crippen LogP contribution in [0.2, 0.25) is 0 Å². The molecule has 2 rings (SSSR count). The first kappa shape index (κ1) is 13.1. The Morgan fingerprint density at radius 1 is 1.44 bits per heavy atom. The van der Waals surface area contributed by atoms with Crippen LogP contribution >= 0.6 is 11.3 Å². The zero-order valence-corrected chi connectivity index (χ0v) is 11.5. The first-order valence-electron chi connectivity index (χ1n) is 6.15. The molecule has 0 bridgehead atoms. The normalized spacial score (nSPS) is 12.6. The molecule has 0 radical (unpaired) electrons. The van der Waals surface area contributed by atoms with E-state index in [4.69, 9.17) is 0 Å². The summed E-state index contributed by atoms with van der Waals surface area (Å²) in [5, 5.41) is 14.1. The van der Waals surface area contributed by atoms with Crippen molar-refractivity contribution in [2.75, 3.05) is 0 Å². The van der Waals surface area contributed by atoms with Crippen LogP contribution in [0.3, 0.4) is 0 Å². The van der Waals surface area contributed by atoms with E-state index in [0.717, 1.165) is 18.5 Å². The smallest absolute Gasteiger partial charge is 0.115 e. The van der Waals surface area contributed by atoms with Gasteiger partial charge in [0.1, 0.15) is 5.75 Å². The topological polar surface area (TPSA) is 45.2 Å². The SMILES string of the molecule is CCc1ncc(CNC(C)c2cccc(O)c2)s1. The summed E-state index contributed by atoms with van der Waals surface area (Å²) < 4.78 is 0. The Morgan fingerprint density at radius 2 is 2.28 bits per heavy atom. The van der Waals surface area contributed by atoms with Gasteiger partial charge < -0.3 is 10.4 Å². The first-order valence-corrected chi connectivity index (χ1v) is 6.96. The van der Waals surface area contributed by atoms with Crippen molar-refractivity contribution in [3.63, 3.8) is 0 Å². The fourth-order valence-electron chi connectivity index (χ4n) is 1.76. The maximum absolute atomic E-state index is 9.45. The third kappa shape index (κ3) is 3.31. The zero-order valence-electron chi connectivity index (χ0n) is 10.7. The van der Waals surface area contributed by atoms with E-state index in [1.165, 1.54) is 9.88 Å². The largest absolute Gasteiger partial charge is 0.508 e. The molecule has 96 valence electrons. The van der Waals surface area contributed by atoms with Crippen LogP contribution in [0.1, 0.15) is 35.3 Å². The van der Waals surface area contributed by atoms with Crippen molar-refractivity contribution >= 4 is 11.3 Å². The van der Waals surface area contributed by atoms with Crippen molar-refractivity contribution in [1.29, 1.82) is 0 Å². The fourth-order valence-corrected chi connectivity index (χ4v) is 2.57. The molecular weight excluding hydrogens is 244 g/mol. The van der Waals surface area contributed by atoms with Gasteiger partial charge >= 0.3 is 0 Å². The minimum atomic E-state index is 0.212. The number of aryl methyl sites for hydroxylation is 1. The molecule has 1 atom stereocenters. The van der Waals surface area contributed by atoms with Crippen LogP contribution < -0.4 is 5.32 Å². The highest BCUT2D eigenvalue weighted by Gasteiger charge is 2.06. The van der Waals surface area contributed by atoms with Crippen LogP contribution in [0.15, 0.2) is 30.5 Å². The van der Waals surface area contributed by atoms with Crippen LogP contribution in [0.5, 0.6) is 5.75 Å². The number of benzene rings is 1. The highest BCUT2D eigenvalue weighted by atomic mass is 32.1. The fraction of sp³-hybridized carbons (Fsp3) is 0.357. The van der Waals surface area contributed by atoms with Gasteiger partial charge in [0.05, 0.1) is 5.01 Å². The lowest BCUT2D eigenvalue weighted by atomic mass is 10.1. The summed E-state index contributed by atoms with van der Waals surface area (Å²) in [5.41, 5.74) is 1.09. The van der Waals surface area contributed by atoms with Crippen molar-refractivity contribution < 1.29 is 5.11 Å². The summed E-state index contributed by atoms with van der Waals surface area (Å²) in [6, 6.07) is 7.57. The van der Waals surface area contributed by atoms with Gasteiger partial charge in [-0.3, -0.25) is 0 Å². The van der Waals surface area contributed by atoms with E-state index < -0.39 is 0 Å². The van der Waals surface area contributed by atoms with Crippen molar-refractivity contribution in [2.45, 2.75) is 32.9 Å². The van der Waals surface area contributed by atoms with Gasteiger partial charge in [0.25, 0.3) is 0 Å². The van der Waals surface area contributed by atoms with E-state index in [9.17, 15) is 5.11 Å². The van der Waals surface area contributed by atoms with Gasteiger partial charge in [-0.05, 0) is 31.0 Å². The van der Waals surface area contributed by atoms with Crippen LogP contribution in [0, 0.1) is 0 Å². The van der Waals surface area contributed by atoms with E-state index in [2.05, 4.69) is 24.1 Å². The first-order chi connectivity index (χ1) is 8.69. The summed E-state index contributed by atoms with van der Waals surface area (Å²) in [6.07, 6.45) is 2.93.